The first kappa shape index (κ1) is 10.4. The summed E-state index contributed by atoms with van der Waals surface area (Å²) in [4.78, 5) is 13.4. The number of fused-ring (bicyclic) bond motifs is 3. The third-order valence-electron chi connectivity index (χ3n) is 3.30. The Morgan fingerprint density at radius 3 is 3.24 bits per heavy atom. The van der Waals surface area contributed by atoms with Crippen LogP contribution in [0.25, 0.3) is 0 Å². The quantitative estimate of drug-likeness (QED) is 0.743. The third-order valence-corrected chi connectivity index (χ3v) is 3.30. The molecule has 1 aromatic rings. The van der Waals surface area contributed by atoms with Gasteiger partial charge in [-0.05, 0) is 12.1 Å². The second-order valence-electron chi connectivity index (χ2n) is 4.32. The molecule has 2 aliphatic heterocycles. The van der Waals surface area contributed by atoms with E-state index < -0.39 is 5.97 Å². The average molecular weight is 234 g/mol. The molecule has 3 rings (SSSR count). The molecule has 2 heterocycles. The molecule has 1 saturated heterocycles. The maximum absolute atomic E-state index is 11.1. The average Bonchev–Trinajstić information content (AvgIpc) is 2.37. The largest absolute Gasteiger partial charge is 0.488 e. The maximum atomic E-state index is 11.1. The van der Waals surface area contributed by atoms with Gasteiger partial charge in [0.15, 0.2) is 5.75 Å². The minimum Gasteiger partial charge on any atom is -0.488 e. The van der Waals surface area contributed by atoms with Gasteiger partial charge in [-0.25, -0.2) is 4.79 Å². The normalized spacial score (nSPS) is 22.4. The topological polar surface area (TPSA) is 61.8 Å². The van der Waals surface area contributed by atoms with Crippen LogP contribution >= 0.6 is 0 Å². The van der Waals surface area contributed by atoms with Gasteiger partial charge in [0.25, 0.3) is 0 Å². The number of para-hydroxylation sites is 1. The zero-order valence-corrected chi connectivity index (χ0v) is 9.35. The molecule has 1 unspecified atom stereocenters. The minimum atomic E-state index is -0.935. The number of nitrogens with zero attached hydrogens (tertiary/aromatic N) is 1. The molecular formula is C12H14N2O3. The Hall–Kier alpha value is -1.75. The fourth-order valence-electron chi connectivity index (χ4n) is 2.48. The summed E-state index contributed by atoms with van der Waals surface area (Å²) in [5.41, 5.74) is 1.15. The fraction of sp³-hybridized carbons (Fsp3) is 0.417. The number of piperazine rings is 1. The summed E-state index contributed by atoms with van der Waals surface area (Å²) in [5.74, 6) is -0.423. The predicted octanol–water partition coefficient (Wildman–Crippen LogP) is 0.555. The number of hydrogen-bond donors (Lipinski definition) is 2. The van der Waals surface area contributed by atoms with Crippen molar-refractivity contribution in [1.29, 1.82) is 0 Å². The van der Waals surface area contributed by atoms with Crippen LogP contribution in [-0.2, 0) is 0 Å². The maximum Gasteiger partial charge on any atom is 0.339 e. The number of nitrogens with one attached hydrogen (secondary N) is 1. The zero-order chi connectivity index (χ0) is 11.8. The van der Waals surface area contributed by atoms with E-state index in [0.717, 1.165) is 25.3 Å². The number of rotatable bonds is 1. The van der Waals surface area contributed by atoms with Gasteiger partial charge in [0.2, 0.25) is 0 Å². The smallest absolute Gasteiger partial charge is 0.339 e. The van der Waals surface area contributed by atoms with Gasteiger partial charge < -0.3 is 20.1 Å². The molecule has 0 amide bonds. The number of carboxylic acids is 1. The molecule has 0 aromatic heterocycles. The van der Waals surface area contributed by atoms with Gasteiger partial charge in [-0.3, -0.25) is 0 Å². The summed E-state index contributed by atoms with van der Waals surface area (Å²) >= 11 is 0. The molecule has 0 saturated carbocycles. The number of carbonyl (C=O) groups is 1. The molecule has 2 N–H and O–H groups in total. The van der Waals surface area contributed by atoms with Crippen LogP contribution in [0.3, 0.4) is 0 Å². The SMILES string of the molecule is O=C(O)c1cccc2c1OCC1CNCCN21. The van der Waals surface area contributed by atoms with Crippen LogP contribution in [0.5, 0.6) is 5.75 Å². The number of anilines is 1. The van der Waals surface area contributed by atoms with Crippen LogP contribution in [0.1, 0.15) is 10.4 Å². The van der Waals surface area contributed by atoms with Gasteiger partial charge in [0.05, 0.1) is 11.7 Å². The number of ether oxygens (including phenoxy) is 1. The van der Waals surface area contributed by atoms with Crippen molar-refractivity contribution >= 4 is 11.7 Å². The van der Waals surface area contributed by atoms with Crippen LogP contribution in [0, 0.1) is 0 Å². The summed E-state index contributed by atoms with van der Waals surface area (Å²) in [5, 5.41) is 12.4. The van der Waals surface area contributed by atoms with Gasteiger partial charge in [-0.2, -0.15) is 0 Å². The van der Waals surface area contributed by atoms with E-state index in [9.17, 15) is 4.79 Å². The van der Waals surface area contributed by atoms with Crippen molar-refractivity contribution < 1.29 is 14.6 Å². The van der Waals surface area contributed by atoms with Gasteiger partial charge >= 0.3 is 5.97 Å². The van der Waals surface area contributed by atoms with E-state index in [1.54, 1.807) is 12.1 Å². The molecule has 90 valence electrons. The summed E-state index contributed by atoms with van der Waals surface area (Å²) in [7, 11) is 0. The highest BCUT2D eigenvalue weighted by molar-refractivity contribution is 5.93. The first-order chi connectivity index (χ1) is 8.27. The molecular weight excluding hydrogens is 220 g/mol. The Kier molecular flexibility index (Phi) is 2.40. The lowest BCUT2D eigenvalue weighted by Crippen LogP contribution is -2.55. The van der Waals surface area contributed by atoms with Crippen LogP contribution < -0.4 is 15.0 Å². The number of benzene rings is 1. The standard InChI is InChI=1S/C12H14N2O3/c15-12(16)9-2-1-3-10-11(9)17-7-8-6-13-4-5-14(8)10/h1-3,8,13H,4-7H2,(H,15,16). The van der Waals surface area contributed by atoms with Crippen LogP contribution in [0.2, 0.25) is 0 Å². The third kappa shape index (κ3) is 1.63. The molecule has 2 aliphatic rings. The van der Waals surface area contributed by atoms with E-state index in [2.05, 4.69) is 10.2 Å². The van der Waals surface area contributed by atoms with Crippen molar-refractivity contribution in [2.45, 2.75) is 6.04 Å². The second kappa shape index (κ2) is 3.92. The van der Waals surface area contributed by atoms with Crippen molar-refractivity contribution in [1.82, 2.24) is 5.32 Å². The first-order valence-electron chi connectivity index (χ1n) is 5.74. The summed E-state index contributed by atoms with van der Waals surface area (Å²) in [6.07, 6.45) is 0. The van der Waals surface area contributed by atoms with Gasteiger partial charge in [0.1, 0.15) is 12.2 Å². The van der Waals surface area contributed by atoms with Gasteiger partial charge in [0, 0.05) is 19.6 Å². The molecule has 1 aromatic carbocycles. The van der Waals surface area contributed by atoms with E-state index >= 15 is 0 Å². The Balaban J connectivity index is 2.05. The monoisotopic (exact) mass is 234 g/mol. The van der Waals surface area contributed by atoms with Crippen molar-refractivity contribution in [2.24, 2.45) is 0 Å². The molecule has 0 spiro atoms. The highest BCUT2D eigenvalue weighted by Crippen LogP contribution is 2.37. The Morgan fingerprint density at radius 2 is 2.41 bits per heavy atom. The zero-order valence-electron chi connectivity index (χ0n) is 9.35. The van der Waals surface area contributed by atoms with Crippen molar-refractivity contribution in [3.8, 4) is 5.75 Å². The fourth-order valence-corrected chi connectivity index (χ4v) is 2.48. The summed E-state index contributed by atoms with van der Waals surface area (Å²) in [6.45, 7) is 3.25. The molecule has 17 heavy (non-hydrogen) atoms. The van der Waals surface area contributed by atoms with Crippen molar-refractivity contribution in [3.05, 3.63) is 23.8 Å². The Bertz CT molecular complexity index is 461. The lowest BCUT2D eigenvalue weighted by atomic mass is 10.1. The first-order valence-corrected chi connectivity index (χ1v) is 5.74. The van der Waals surface area contributed by atoms with E-state index in [1.165, 1.54) is 0 Å². The van der Waals surface area contributed by atoms with E-state index in [0.29, 0.717) is 18.4 Å². The Labute approximate surface area is 99.0 Å². The van der Waals surface area contributed by atoms with E-state index in [4.69, 9.17) is 9.84 Å². The minimum absolute atomic E-state index is 0.250. The van der Waals surface area contributed by atoms with E-state index in [1.807, 2.05) is 6.07 Å². The van der Waals surface area contributed by atoms with E-state index in [-0.39, 0.29) is 5.56 Å². The molecule has 0 radical (unpaired) electrons. The predicted molar refractivity (Wildman–Crippen MR) is 62.9 cm³/mol. The summed E-state index contributed by atoms with van der Waals surface area (Å²) < 4.78 is 5.62. The summed E-state index contributed by atoms with van der Waals surface area (Å²) in [6, 6.07) is 5.60. The number of carboxylic acid groups (broad SMARTS) is 1. The lowest BCUT2D eigenvalue weighted by molar-refractivity contribution is 0.0691. The van der Waals surface area contributed by atoms with Crippen LogP contribution in [0.4, 0.5) is 5.69 Å². The van der Waals surface area contributed by atoms with Gasteiger partial charge in [-0.15, -0.1) is 0 Å². The molecule has 0 aliphatic carbocycles. The highest BCUT2D eigenvalue weighted by atomic mass is 16.5. The number of hydrogen-bond acceptors (Lipinski definition) is 4. The molecule has 5 heteroatoms. The van der Waals surface area contributed by atoms with Crippen LogP contribution in [-0.4, -0.2) is 43.4 Å². The molecule has 5 nitrogen and oxygen atoms in total. The molecule has 0 bridgehead atoms. The van der Waals surface area contributed by atoms with Crippen molar-refractivity contribution in [3.63, 3.8) is 0 Å². The second-order valence-corrected chi connectivity index (χ2v) is 4.32. The Morgan fingerprint density at radius 1 is 1.53 bits per heavy atom. The lowest BCUT2D eigenvalue weighted by Gasteiger charge is -2.42. The van der Waals surface area contributed by atoms with Crippen LogP contribution in [0.15, 0.2) is 18.2 Å². The van der Waals surface area contributed by atoms with Gasteiger partial charge in [-0.1, -0.05) is 6.07 Å². The molecule has 1 fully saturated rings. The highest BCUT2D eigenvalue weighted by Gasteiger charge is 2.31. The number of aromatic carboxylic acids is 1. The van der Waals surface area contributed by atoms with Crippen molar-refractivity contribution in [2.75, 3.05) is 31.1 Å². The molecule has 1 atom stereocenters.